The van der Waals surface area contributed by atoms with Gasteiger partial charge in [0.15, 0.2) is 0 Å². The van der Waals surface area contributed by atoms with E-state index in [9.17, 15) is 0 Å². The molecule has 0 fully saturated rings. The number of hydrogen-bond acceptors (Lipinski definition) is 3. The lowest BCUT2D eigenvalue weighted by atomic mass is 10.0. The minimum atomic E-state index is 0.573. The molecular weight excluding hydrogens is 200 g/mol. The summed E-state index contributed by atoms with van der Waals surface area (Å²) in [5, 5.41) is 10.9. The molecule has 0 saturated carbocycles. The van der Waals surface area contributed by atoms with E-state index in [4.69, 9.17) is 10.00 Å². The molecule has 0 unspecified atom stereocenters. The first-order chi connectivity index (χ1) is 7.81. The standard InChI is InChI=1S/C13H12N2O/c1-3-9-5-4-6-11-12(9)10(7-14)8-15-13(11)16-2/h4-6,8H,3H2,1-2H3. The summed E-state index contributed by atoms with van der Waals surface area (Å²) in [5.41, 5.74) is 1.75. The second-order valence-electron chi connectivity index (χ2n) is 3.49. The van der Waals surface area contributed by atoms with E-state index in [0.717, 1.165) is 22.8 Å². The molecule has 2 aromatic rings. The van der Waals surface area contributed by atoms with Gasteiger partial charge in [-0.3, -0.25) is 0 Å². The quantitative estimate of drug-likeness (QED) is 0.768. The van der Waals surface area contributed by atoms with Gasteiger partial charge >= 0.3 is 0 Å². The average Bonchev–Trinajstić information content (AvgIpc) is 2.36. The first kappa shape index (κ1) is 10.4. The van der Waals surface area contributed by atoms with Crippen LogP contribution in [0.25, 0.3) is 10.8 Å². The van der Waals surface area contributed by atoms with Crippen molar-refractivity contribution in [2.24, 2.45) is 0 Å². The second kappa shape index (κ2) is 4.19. The Morgan fingerprint density at radius 3 is 2.88 bits per heavy atom. The molecule has 80 valence electrons. The van der Waals surface area contributed by atoms with Gasteiger partial charge in [-0.15, -0.1) is 0 Å². The lowest BCUT2D eigenvalue weighted by Gasteiger charge is -2.08. The number of nitriles is 1. The van der Waals surface area contributed by atoms with Crippen LogP contribution in [0.2, 0.25) is 0 Å². The van der Waals surface area contributed by atoms with Crippen LogP contribution in [-0.2, 0) is 6.42 Å². The summed E-state index contributed by atoms with van der Waals surface area (Å²) in [6, 6.07) is 8.10. The first-order valence-corrected chi connectivity index (χ1v) is 5.16. The third-order valence-electron chi connectivity index (χ3n) is 2.66. The molecule has 1 aromatic heterocycles. The van der Waals surface area contributed by atoms with Gasteiger partial charge in [-0.05, 0) is 18.1 Å². The SMILES string of the molecule is CCc1cccc2c(OC)ncc(C#N)c12. The van der Waals surface area contributed by atoms with Gasteiger partial charge in [0.2, 0.25) is 5.88 Å². The summed E-state index contributed by atoms with van der Waals surface area (Å²) in [6.07, 6.45) is 2.46. The van der Waals surface area contributed by atoms with Crippen molar-refractivity contribution in [1.82, 2.24) is 4.98 Å². The molecule has 0 spiro atoms. The Bertz CT molecular complexity index is 570. The second-order valence-corrected chi connectivity index (χ2v) is 3.49. The molecule has 1 heterocycles. The molecule has 0 saturated heterocycles. The lowest BCUT2D eigenvalue weighted by molar-refractivity contribution is 0.403. The highest BCUT2D eigenvalue weighted by Crippen LogP contribution is 2.28. The molecule has 0 radical (unpaired) electrons. The summed E-state index contributed by atoms with van der Waals surface area (Å²) < 4.78 is 5.21. The number of methoxy groups -OCH3 is 1. The molecule has 2 rings (SSSR count). The van der Waals surface area contributed by atoms with Crippen molar-refractivity contribution in [3.05, 3.63) is 35.5 Å². The predicted octanol–water partition coefficient (Wildman–Crippen LogP) is 2.68. The van der Waals surface area contributed by atoms with E-state index in [1.165, 1.54) is 0 Å². The summed E-state index contributed by atoms with van der Waals surface area (Å²) in [4.78, 5) is 4.13. The van der Waals surface area contributed by atoms with Crippen molar-refractivity contribution in [2.45, 2.75) is 13.3 Å². The minimum Gasteiger partial charge on any atom is -0.481 e. The maximum absolute atomic E-state index is 9.09. The Kier molecular flexibility index (Phi) is 2.74. The zero-order valence-electron chi connectivity index (χ0n) is 9.32. The Morgan fingerprint density at radius 2 is 2.25 bits per heavy atom. The summed E-state index contributed by atoms with van der Waals surface area (Å²) in [6.45, 7) is 2.07. The Labute approximate surface area is 94.3 Å². The highest BCUT2D eigenvalue weighted by atomic mass is 16.5. The van der Waals surface area contributed by atoms with Crippen LogP contribution < -0.4 is 4.74 Å². The number of aromatic nitrogens is 1. The van der Waals surface area contributed by atoms with E-state index in [1.54, 1.807) is 13.3 Å². The van der Waals surface area contributed by atoms with Gasteiger partial charge in [-0.1, -0.05) is 19.1 Å². The number of fused-ring (bicyclic) bond motifs is 1. The van der Waals surface area contributed by atoms with Crippen molar-refractivity contribution in [2.75, 3.05) is 7.11 Å². The molecule has 0 N–H and O–H groups in total. The summed E-state index contributed by atoms with van der Waals surface area (Å²) in [7, 11) is 1.59. The fraction of sp³-hybridized carbons (Fsp3) is 0.231. The monoisotopic (exact) mass is 212 g/mol. The number of aryl methyl sites for hydroxylation is 1. The van der Waals surface area contributed by atoms with Crippen molar-refractivity contribution >= 4 is 10.8 Å². The van der Waals surface area contributed by atoms with Crippen LogP contribution in [0.3, 0.4) is 0 Å². The van der Waals surface area contributed by atoms with Crippen molar-refractivity contribution in [1.29, 1.82) is 5.26 Å². The Hall–Kier alpha value is -2.08. The van der Waals surface area contributed by atoms with E-state index in [2.05, 4.69) is 18.0 Å². The zero-order valence-corrected chi connectivity index (χ0v) is 9.32. The highest BCUT2D eigenvalue weighted by molar-refractivity contribution is 5.93. The Balaban J connectivity index is 2.91. The van der Waals surface area contributed by atoms with Crippen LogP contribution in [0.15, 0.2) is 24.4 Å². The van der Waals surface area contributed by atoms with E-state index in [0.29, 0.717) is 11.4 Å². The fourth-order valence-electron chi connectivity index (χ4n) is 1.90. The number of pyridine rings is 1. The van der Waals surface area contributed by atoms with E-state index < -0.39 is 0 Å². The first-order valence-electron chi connectivity index (χ1n) is 5.16. The molecule has 0 aliphatic carbocycles. The van der Waals surface area contributed by atoms with Crippen LogP contribution in [-0.4, -0.2) is 12.1 Å². The number of benzene rings is 1. The third-order valence-corrected chi connectivity index (χ3v) is 2.66. The fourth-order valence-corrected chi connectivity index (χ4v) is 1.90. The Morgan fingerprint density at radius 1 is 1.44 bits per heavy atom. The number of ether oxygens (including phenoxy) is 1. The number of rotatable bonds is 2. The van der Waals surface area contributed by atoms with Crippen LogP contribution in [0.4, 0.5) is 0 Å². The molecule has 0 atom stereocenters. The van der Waals surface area contributed by atoms with E-state index >= 15 is 0 Å². The van der Waals surface area contributed by atoms with Crippen molar-refractivity contribution < 1.29 is 4.74 Å². The minimum absolute atomic E-state index is 0.573. The highest BCUT2D eigenvalue weighted by Gasteiger charge is 2.10. The van der Waals surface area contributed by atoms with Gasteiger partial charge < -0.3 is 4.74 Å². The number of nitrogens with zero attached hydrogens (tertiary/aromatic N) is 2. The van der Waals surface area contributed by atoms with Crippen LogP contribution in [0.5, 0.6) is 5.88 Å². The maximum Gasteiger partial charge on any atom is 0.221 e. The van der Waals surface area contributed by atoms with Gasteiger partial charge in [-0.2, -0.15) is 5.26 Å². The summed E-state index contributed by atoms with van der Waals surface area (Å²) >= 11 is 0. The van der Waals surface area contributed by atoms with Gasteiger partial charge in [-0.25, -0.2) is 4.98 Å². The third kappa shape index (κ3) is 1.49. The maximum atomic E-state index is 9.09. The van der Waals surface area contributed by atoms with Crippen molar-refractivity contribution in [3.63, 3.8) is 0 Å². The summed E-state index contributed by atoms with van der Waals surface area (Å²) in [5.74, 6) is 0.573. The smallest absolute Gasteiger partial charge is 0.221 e. The van der Waals surface area contributed by atoms with Crippen molar-refractivity contribution in [3.8, 4) is 11.9 Å². The van der Waals surface area contributed by atoms with E-state index in [1.807, 2.05) is 18.2 Å². The average molecular weight is 212 g/mol. The van der Waals surface area contributed by atoms with Gasteiger partial charge in [0.25, 0.3) is 0 Å². The number of hydrogen-bond donors (Lipinski definition) is 0. The lowest BCUT2D eigenvalue weighted by Crippen LogP contribution is -1.94. The van der Waals surface area contributed by atoms with Gasteiger partial charge in [0, 0.05) is 17.0 Å². The molecule has 0 bridgehead atoms. The van der Waals surface area contributed by atoms with Gasteiger partial charge in [0.1, 0.15) is 6.07 Å². The molecular formula is C13H12N2O. The molecule has 0 aliphatic rings. The van der Waals surface area contributed by atoms with Crippen LogP contribution in [0.1, 0.15) is 18.1 Å². The molecule has 3 nitrogen and oxygen atoms in total. The molecule has 0 amide bonds. The molecule has 0 aliphatic heterocycles. The molecule has 1 aromatic carbocycles. The van der Waals surface area contributed by atoms with Gasteiger partial charge in [0.05, 0.1) is 12.7 Å². The predicted molar refractivity (Wildman–Crippen MR) is 62.4 cm³/mol. The normalized spacial score (nSPS) is 10.1. The van der Waals surface area contributed by atoms with Crippen LogP contribution >= 0.6 is 0 Å². The largest absolute Gasteiger partial charge is 0.481 e. The topological polar surface area (TPSA) is 45.9 Å². The van der Waals surface area contributed by atoms with E-state index in [-0.39, 0.29) is 0 Å². The zero-order chi connectivity index (χ0) is 11.5. The molecule has 16 heavy (non-hydrogen) atoms. The van der Waals surface area contributed by atoms with Crippen LogP contribution in [0, 0.1) is 11.3 Å². The molecule has 3 heteroatoms.